The molecule has 3 heterocycles. The summed E-state index contributed by atoms with van der Waals surface area (Å²) in [6, 6.07) is 7.22. The average molecular weight is 580 g/mol. The second kappa shape index (κ2) is 14.3. The van der Waals surface area contributed by atoms with Crippen molar-refractivity contribution in [2.45, 2.75) is 76.3 Å². The van der Waals surface area contributed by atoms with Gasteiger partial charge in [0.15, 0.2) is 5.69 Å². The number of ether oxygens (including phenoxy) is 2. The molecule has 1 aromatic carbocycles. The molecule has 226 valence electrons. The van der Waals surface area contributed by atoms with Crippen molar-refractivity contribution in [3.63, 3.8) is 0 Å². The third-order valence-electron chi connectivity index (χ3n) is 8.16. The van der Waals surface area contributed by atoms with Gasteiger partial charge in [-0.1, -0.05) is 30.4 Å². The maximum atomic E-state index is 13.7. The number of aromatic nitrogens is 6. The number of benzene rings is 1. The molecule has 1 atom stereocenters. The van der Waals surface area contributed by atoms with Crippen LogP contribution in [0.2, 0.25) is 0 Å². The highest BCUT2D eigenvalue weighted by molar-refractivity contribution is 5.95. The van der Waals surface area contributed by atoms with Gasteiger partial charge in [0.2, 0.25) is 5.91 Å². The SMILES string of the molecule is COc1cccc(OC)c1-c1cc(C(=O)N[C@@H](CCCN2CCCCC2)CC(=O)Nc2nn[nH]n2)nn1C1CCCC1. The Morgan fingerprint density at radius 2 is 1.81 bits per heavy atom. The van der Waals surface area contributed by atoms with Crippen LogP contribution < -0.4 is 20.1 Å². The number of carbonyl (C=O) groups is 2. The van der Waals surface area contributed by atoms with E-state index < -0.39 is 6.04 Å². The number of likely N-dealkylation sites (tertiary alicyclic amines) is 1. The Kier molecular flexibility index (Phi) is 10.0. The van der Waals surface area contributed by atoms with Gasteiger partial charge in [0.1, 0.15) is 11.5 Å². The zero-order chi connectivity index (χ0) is 29.3. The van der Waals surface area contributed by atoms with Gasteiger partial charge >= 0.3 is 0 Å². The van der Waals surface area contributed by atoms with E-state index in [1.54, 1.807) is 20.3 Å². The summed E-state index contributed by atoms with van der Waals surface area (Å²) in [6.45, 7) is 3.14. The normalized spacial score (nSPS) is 16.7. The Balaban J connectivity index is 1.36. The molecular weight excluding hydrogens is 538 g/mol. The third kappa shape index (κ3) is 7.25. The van der Waals surface area contributed by atoms with Gasteiger partial charge in [0.25, 0.3) is 11.9 Å². The highest BCUT2D eigenvalue weighted by Crippen LogP contribution is 2.41. The highest BCUT2D eigenvalue weighted by atomic mass is 16.5. The Hall–Kier alpha value is -4.00. The summed E-state index contributed by atoms with van der Waals surface area (Å²) in [5.41, 5.74) is 1.83. The van der Waals surface area contributed by atoms with E-state index in [2.05, 4.69) is 36.2 Å². The van der Waals surface area contributed by atoms with E-state index in [-0.39, 0.29) is 30.2 Å². The van der Waals surface area contributed by atoms with E-state index in [9.17, 15) is 9.59 Å². The number of piperidine rings is 1. The first-order chi connectivity index (χ1) is 20.6. The van der Waals surface area contributed by atoms with Crippen LogP contribution in [0.4, 0.5) is 5.95 Å². The van der Waals surface area contributed by atoms with Gasteiger partial charge < -0.3 is 19.7 Å². The van der Waals surface area contributed by atoms with Crippen LogP contribution in [0.3, 0.4) is 0 Å². The molecule has 3 aromatic rings. The van der Waals surface area contributed by atoms with E-state index in [4.69, 9.17) is 14.6 Å². The Morgan fingerprint density at radius 1 is 1.07 bits per heavy atom. The molecular formula is C29H41N9O4. The molecule has 13 nitrogen and oxygen atoms in total. The number of aromatic amines is 1. The predicted octanol–water partition coefficient (Wildman–Crippen LogP) is 3.59. The van der Waals surface area contributed by atoms with Crippen LogP contribution in [0.5, 0.6) is 11.5 Å². The molecule has 13 heteroatoms. The van der Waals surface area contributed by atoms with Crippen molar-refractivity contribution >= 4 is 17.8 Å². The first kappa shape index (κ1) is 29.5. The van der Waals surface area contributed by atoms with Gasteiger partial charge in [-0.2, -0.15) is 10.3 Å². The lowest BCUT2D eigenvalue weighted by Gasteiger charge is -2.27. The highest BCUT2D eigenvalue weighted by Gasteiger charge is 2.28. The Labute approximate surface area is 245 Å². The molecule has 1 saturated heterocycles. The smallest absolute Gasteiger partial charge is 0.272 e. The first-order valence-electron chi connectivity index (χ1n) is 14.9. The molecule has 2 amide bonds. The monoisotopic (exact) mass is 579 g/mol. The first-order valence-corrected chi connectivity index (χ1v) is 14.9. The van der Waals surface area contributed by atoms with E-state index in [1.807, 2.05) is 22.9 Å². The van der Waals surface area contributed by atoms with Crippen molar-refractivity contribution in [1.29, 1.82) is 0 Å². The van der Waals surface area contributed by atoms with Crippen LogP contribution in [0.15, 0.2) is 24.3 Å². The van der Waals surface area contributed by atoms with E-state index in [0.29, 0.717) is 23.6 Å². The maximum absolute atomic E-state index is 13.7. The number of anilines is 1. The summed E-state index contributed by atoms with van der Waals surface area (Å²) < 4.78 is 13.3. The molecule has 5 rings (SSSR count). The number of carbonyl (C=O) groups excluding carboxylic acids is 2. The molecule has 1 aliphatic carbocycles. The summed E-state index contributed by atoms with van der Waals surface area (Å²) in [6.07, 6.45) is 9.52. The molecule has 0 unspecified atom stereocenters. The fourth-order valence-electron chi connectivity index (χ4n) is 6.07. The summed E-state index contributed by atoms with van der Waals surface area (Å²) >= 11 is 0. The van der Waals surface area contributed by atoms with Gasteiger partial charge in [-0.3, -0.25) is 19.6 Å². The number of hydrogen-bond acceptors (Lipinski definition) is 9. The van der Waals surface area contributed by atoms with Crippen molar-refractivity contribution in [3.8, 4) is 22.8 Å². The van der Waals surface area contributed by atoms with Gasteiger partial charge in [0.05, 0.1) is 31.5 Å². The second-order valence-corrected chi connectivity index (χ2v) is 11.0. The molecule has 0 spiro atoms. The van der Waals surface area contributed by atoms with Gasteiger partial charge in [-0.25, -0.2) is 0 Å². The minimum absolute atomic E-state index is 0.0802. The van der Waals surface area contributed by atoms with Crippen molar-refractivity contribution in [2.24, 2.45) is 0 Å². The lowest BCUT2D eigenvalue weighted by atomic mass is 10.1. The van der Waals surface area contributed by atoms with Crippen molar-refractivity contribution in [1.82, 2.24) is 40.6 Å². The minimum atomic E-state index is -0.393. The summed E-state index contributed by atoms with van der Waals surface area (Å²) in [5, 5.41) is 24.0. The number of tetrazole rings is 1. The quantitative estimate of drug-likeness (QED) is 0.276. The molecule has 0 bridgehead atoms. The maximum Gasteiger partial charge on any atom is 0.272 e. The van der Waals surface area contributed by atoms with Crippen molar-refractivity contribution < 1.29 is 19.1 Å². The van der Waals surface area contributed by atoms with Gasteiger partial charge in [-0.05, 0) is 81.6 Å². The number of nitrogens with zero attached hydrogens (tertiary/aromatic N) is 6. The second-order valence-electron chi connectivity index (χ2n) is 11.0. The number of nitrogens with one attached hydrogen (secondary N) is 3. The van der Waals surface area contributed by atoms with Crippen LogP contribution in [0, 0.1) is 0 Å². The minimum Gasteiger partial charge on any atom is -0.496 e. The standard InChI is InChI=1S/C29H41N9O4/c1-41-24-13-8-14-25(42-2)27(24)23-19-22(34-38(23)21-11-4-5-12-21)28(40)30-20(10-9-17-37-15-6-3-7-16-37)18-26(39)31-29-32-35-36-33-29/h8,13-14,19-21H,3-7,9-12,15-18H2,1-2H3,(H,30,40)(H2,31,32,33,35,36,39)/t20-/m0/s1. The van der Waals surface area contributed by atoms with Crippen LogP contribution >= 0.6 is 0 Å². The fraction of sp³-hybridized carbons (Fsp3) is 0.586. The summed E-state index contributed by atoms with van der Waals surface area (Å²) in [7, 11) is 3.24. The summed E-state index contributed by atoms with van der Waals surface area (Å²) in [5.74, 6) is 0.778. The largest absolute Gasteiger partial charge is 0.496 e. The predicted molar refractivity (Wildman–Crippen MR) is 156 cm³/mol. The zero-order valence-electron chi connectivity index (χ0n) is 24.5. The zero-order valence-corrected chi connectivity index (χ0v) is 24.5. The van der Waals surface area contributed by atoms with E-state index in [1.165, 1.54) is 19.3 Å². The molecule has 42 heavy (non-hydrogen) atoms. The lowest BCUT2D eigenvalue weighted by molar-refractivity contribution is -0.116. The van der Waals surface area contributed by atoms with Crippen molar-refractivity contribution in [2.75, 3.05) is 39.2 Å². The van der Waals surface area contributed by atoms with Crippen LogP contribution in [0.25, 0.3) is 11.3 Å². The number of amides is 2. The molecule has 1 saturated carbocycles. The van der Waals surface area contributed by atoms with Gasteiger partial charge in [0, 0.05) is 12.5 Å². The van der Waals surface area contributed by atoms with Gasteiger partial charge in [-0.15, -0.1) is 5.10 Å². The molecule has 2 fully saturated rings. The number of H-pyrrole nitrogens is 1. The molecule has 3 N–H and O–H groups in total. The molecule has 1 aliphatic heterocycles. The number of hydrogen-bond donors (Lipinski definition) is 3. The van der Waals surface area contributed by atoms with E-state index >= 15 is 0 Å². The van der Waals surface area contributed by atoms with Crippen molar-refractivity contribution in [3.05, 3.63) is 30.0 Å². The molecule has 2 aromatic heterocycles. The Morgan fingerprint density at radius 3 is 2.48 bits per heavy atom. The van der Waals surface area contributed by atoms with Crippen LogP contribution in [0.1, 0.15) is 80.7 Å². The Bertz CT molecular complexity index is 1290. The van der Waals surface area contributed by atoms with Crippen LogP contribution in [-0.4, -0.2) is 87.0 Å². The number of methoxy groups -OCH3 is 2. The molecule has 2 aliphatic rings. The lowest BCUT2D eigenvalue weighted by Crippen LogP contribution is -2.39. The summed E-state index contributed by atoms with van der Waals surface area (Å²) in [4.78, 5) is 29.0. The number of rotatable bonds is 13. The van der Waals surface area contributed by atoms with Crippen LogP contribution in [-0.2, 0) is 4.79 Å². The topological polar surface area (TPSA) is 152 Å². The average Bonchev–Trinajstić information content (AvgIpc) is 3.79. The van der Waals surface area contributed by atoms with E-state index in [0.717, 1.165) is 63.0 Å². The third-order valence-corrected chi connectivity index (χ3v) is 8.16. The molecule has 0 radical (unpaired) electrons. The fourth-order valence-corrected chi connectivity index (χ4v) is 6.07.